The topological polar surface area (TPSA) is 21.3 Å². The fourth-order valence-electron chi connectivity index (χ4n) is 2.32. The van der Waals surface area contributed by atoms with Crippen molar-refractivity contribution < 1.29 is 9.13 Å². The van der Waals surface area contributed by atoms with Crippen molar-refractivity contribution in [3.63, 3.8) is 0 Å². The van der Waals surface area contributed by atoms with Gasteiger partial charge in [-0.1, -0.05) is 36.7 Å². The van der Waals surface area contributed by atoms with Crippen molar-refractivity contribution in [2.24, 2.45) is 0 Å². The summed E-state index contributed by atoms with van der Waals surface area (Å²) in [7, 11) is 1.65. The van der Waals surface area contributed by atoms with Crippen LogP contribution in [0, 0.1) is 5.82 Å². The van der Waals surface area contributed by atoms with Gasteiger partial charge in [-0.15, -0.1) is 0 Å². The van der Waals surface area contributed by atoms with E-state index in [2.05, 4.69) is 11.4 Å². The van der Waals surface area contributed by atoms with E-state index < -0.39 is 5.82 Å². The van der Waals surface area contributed by atoms with Crippen LogP contribution in [0.5, 0.6) is 5.75 Å². The molecule has 0 radical (unpaired) electrons. The molecule has 2 nitrogen and oxygen atoms in total. The standard InChI is InChI=1S/C17H19ClFNO/c1-3-20-17(13-7-8-16(19)15(18)11-13)10-12-5-4-6-14(9-12)21-2/h4-9,11,17,20H,3,10H2,1-2H3. The van der Waals surface area contributed by atoms with Gasteiger partial charge >= 0.3 is 0 Å². The van der Waals surface area contributed by atoms with Crippen LogP contribution in [0.4, 0.5) is 4.39 Å². The molecule has 4 heteroatoms. The van der Waals surface area contributed by atoms with E-state index in [0.29, 0.717) is 0 Å². The van der Waals surface area contributed by atoms with Gasteiger partial charge in [0, 0.05) is 6.04 Å². The maximum Gasteiger partial charge on any atom is 0.141 e. The van der Waals surface area contributed by atoms with Crippen molar-refractivity contribution in [3.05, 3.63) is 64.4 Å². The second-order valence-electron chi connectivity index (χ2n) is 4.84. The molecule has 0 spiro atoms. The normalized spacial score (nSPS) is 12.2. The molecule has 0 aliphatic rings. The Balaban J connectivity index is 2.23. The summed E-state index contributed by atoms with van der Waals surface area (Å²) < 4.78 is 18.6. The molecule has 0 amide bonds. The van der Waals surface area contributed by atoms with Gasteiger partial charge in [0.2, 0.25) is 0 Å². The van der Waals surface area contributed by atoms with E-state index in [1.165, 1.54) is 6.07 Å². The highest BCUT2D eigenvalue weighted by molar-refractivity contribution is 6.30. The number of nitrogens with one attached hydrogen (secondary N) is 1. The minimum absolute atomic E-state index is 0.0835. The third-order valence-electron chi connectivity index (χ3n) is 3.37. The molecule has 1 atom stereocenters. The number of ether oxygens (including phenoxy) is 1. The molecule has 2 aromatic carbocycles. The van der Waals surface area contributed by atoms with Gasteiger partial charge in [0.15, 0.2) is 0 Å². The van der Waals surface area contributed by atoms with Crippen molar-refractivity contribution in [3.8, 4) is 5.75 Å². The smallest absolute Gasteiger partial charge is 0.141 e. The van der Waals surface area contributed by atoms with E-state index >= 15 is 0 Å². The molecule has 0 aromatic heterocycles. The van der Waals surface area contributed by atoms with Crippen LogP contribution >= 0.6 is 11.6 Å². The number of hydrogen-bond donors (Lipinski definition) is 1. The van der Waals surface area contributed by atoms with Crippen LogP contribution in [0.15, 0.2) is 42.5 Å². The predicted octanol–water partition coefficient (Wildman–Crippen LogP) is 4.38. The van der Waals surface area contributed by atoms with Crippen LogP contribution in [0.2, 0.25) is 5.02 Å². The van der Waals surface area contributed by atoms with E-state index in [-0.39, 0.29) is 11.1 Å². The molecular weight excluding hydrogens is 289 g/mol. The number of halogens is 2. The summed E-state index contributed by atoms with van der Waals surface area (Å²) >= 11 is 5.89. The maximum absolute atomic E-state index is 13.3. The lowest BCUT2D eigenvalue weighted by Gasteiger charge is -2.19. The third-order valence-corrected chi connectivity index (χ3v) is 3.66. The van der Waals surface area contributed by atoms with E-state index in [9.17, 15) is 4.39 Å². The van der Waals surface area contributed by atoms with Crippen molar-refractivity contribution >= 4 is 11.6 Å². The number of rotatable bonds is 6. The van der Waals surface area contributed by atoms with Gasteiger partial charge in [-0.3, -0.25) is 0 Å². The molecule has 1 unspecified atom stereocenters. The lowest BCUT2D eigenvalue weighted by molar-refractivity contribution is 0.414. The lowest BCUT2D eigenvalue weighted by Crippen LogP contribution is -2.23. The van der Waals surface area contributed by atoms with Gasteiger partial charge in [-0.05, 0) is 48.4 Å². The molecule has 2 rings (SSSR count). The number of likely N-dealkylation sites (N-methyl/N-ethyl adjacent to an activating group) is 1. The van der Waals surface area contributed by atoms with Crippen LogP contribution < -0.4 is 10.1 Å². The van der Waals surface area contributed by atoms with E-state index in [0.717, 1.165) is 29.8 Å². The zero-order chi connectivity index (χ0) is 15.2. The van der Waals surface area contributed by atoms with Crippen molar-refractivity contribution in [2.75, 3.05) is 13.7 Å². The summed E-state index contributed by atoms with van der Waals surface area (Å²) in [5, 5.41) is 3.56. The SMILES string of the molecule is CCNC(Cc1cccc(OC)c1)c1ccc(F)c(Cl)c1. The molecule has 1 N–H and O–H groups in total. The molecule has 2 aromatic rings. The first kappa shape index (κ1) is 15.8. The summed E-state index contributed by atoms with van der Waals surface area (Å²) in [5.74, 6) is 0.442. The van der Waals surface area contributed by atoms with E-state index in [1.807, 2.05) is 25.1 Å². The Morgan fingerprint density at radius 3 is 2.71 bits per heavy atom. The minimum Gasteiger partial charge on any atom is -0.497 e. The molecule has 0 aliphatic carbocycles. The van der Waals surface area contributed by atoms with Crippen LogP contribution in [0.25, 0.3) is 0 Å². The average molecular weight is 308 g/mol. The Bertz CT molecular complexity index is 603. The Kier molecular flexibility index (Phi) is 5.59. The molecule has 112 valence electrons. The third kappa shape index (κ3) is 4.19. The summed E-state index contributed by atoms with van der Waals surface area (Å²) in [5.41, 5.74) is 2.13. The first-order valence-corrected chi connectivity index (χ1v) is 7.33. The van der Waals surface area contributed by atoms with Crippen molar-refractivity contribution in [1.82, 2.24) is 5.32 Å². The number of benzene rings is 2. The zero-order valence-corrected chi connectivity index (χ0v) is 13.0. The Labute approximate surface area is 129 Å². The molecule has 0 bridgehead atoms. The molecule has 0 saturated carbocycles. The van der Waals surface area contributed by atoms with E-state index in [1.54, 1.807) is 19.2 Å². The van der Waals surface area contributed by atoms with Gasteiger partial charge in [0.25, 0.3) is 0 Å². The van der Waals surface area contributed by atoms with Crippen LogP contribution in [0.1, 0.15) is 24.1 Å². The van der Waals surface area contributed by atoms with Gasteiger partial charge in [0.1, 0.15) is 11.6 Å². The monoisotopic (exact) mass is 307 g/mol. The number of hydrogen-bond acceptors (Lipinski definition) is 2. The Morgan fingerprint density at radius 2 is 2.05 bits per heavy atom. The fraction of sp³-hybridized carbons (Fsp3) is 0.294. The van der Waals surface area contributed by atoms with Gasteiger partial charge < -0.3 is 10.1 Å². The number of methoxy groups -OCH3 is 1. The molecule has 0 saturated heterocycles. The predicted molar refractivity (Wildman–Crippen MR) is 84.5 cm³/mol. The summed E-state index contributed by atoms with van der Waals surface area (Å²) in [4.78, 5) is 0. The quantitative estimate of drug-likeness (QED) is 0.855. The first-order valence-electron chi connectivity index (χ1n) is 6.95. The van der Waals surface area contributed by atoms with Crippen LogP contribution in [-0.4, -0.2) is 13.7 Å². The highest BCUT2D eigenvalue weighted by Crippen LogP contribution is 2.25. The Hall–Kier alpha value is -1.58. The maximum atomic E-state index is 13.3. The fourth-order valence-corrected chi connectivity index (χ4v) is 2.51. The van der Waals surface area contributed by atoms with Crippen molar-refractivity contribution in [2.45, 2.75) is 19.4 Å². The zero-order valence-electron chi connectivity index (χ0n) is 12.2. The molecule has 0 heterocycles. The van der Waals surface area contributed by atoms with Crippen molar-refractivity contribution in [1.29, 1.82) is 0 Å². The van der Waals surface area contributed by atoms with Gasteiger partial charge in [-0.2, -0.15) is 0 Å². The summed E-state index contributed by atoms with van der Waals surface area (Å²) in [6, 6.07) is 12.9. The minimum atomic E-state index is -0.392. The summed E-state index contributed by atoms with van der Waals surface area (Å²) in [6.07, 6.45) is 0.785. The second kappa shape index (κ2) is 7.43. The highest BCUT2D eigenvalue weighted by Gasteiger charge is 2.13. The van der Waals surface area contributed by atoms with Gasteiger partial charge in [0.05, 0.1) is 12.1 Å². The average Bonchev–Trinajstić information content (AvgIpc) is 2.50. The van der Waals surface area contributed by atoms with Crippen LogP contribution in [0.3, 0.4) is 0 Å². The first-order chi connectivity index (χ1) is 10.1. The lowest BCUT2D eigenvalue weighted by atomic mass is 9.98. The largest absolute Gasteiger partial charge is 0.497 e. The summed E-state index contributed by atoms with van der Waals surface area (Å²) in [6.45, 7) is 2.87. The molecular formula is C17H19ClFNO. The Morgan fingerprint density at radius 1 is 1.24 bits per heavy atom. The van der Waals surface area contributed by atoms with Gasteiger partial charge in [-0.25, -0.2) is 4.39 Å². The molecule has 21 heavy (non-hydrogen) atoms. The van der Waals surface area contributed by atoms with E-state index in [4.69, 9.17) is 16.3 Å². The van der Waals surface area contributed by atoms with Crippen LogP contribution in [-0.2, 0) is 6.42 Å². The second-order valence-corrected chi connectivity index (χ2v) is 5.25. The molecule has 0 aliphatic heterocycles. The highest BCUT2D eigenvalue weighted by atomic mass is 35.5. The molecule has 0 fully saturated rings.